The molecule has 0 fully saturated rings. The van der Waals surface area contributed by atoms with Crippen molar-refractivity contribution < 1.29 is 0 Å². The van der Waals surface area contributed by atoms with Gasteiger partial charge in [-0.05, 0) is 13.0 Å². The molecule has 0 unspecified atom stereocenters. The van der Waals surface area contributed by atoms with Crippen molar-refractivity contribution in [2.45, 2.75) is 20.0 Å². The van der Waals surface area contributed by atoms with Gasteiger partial charge in [-0.2, -0.15) is 0 Å². The molecule has 0 atom stereocenters. The predicted octanol–water partition coefficient (Wildman–Crippen LogP) is 2.79. The van der Waals surface area contributed by atoms with Gasteiger partial charge in [-0.1, -0.05) is 11.6 Å². The van der Waals surface area contributed by atoms with Gasteiger partial charge in [-0.3, -0.25) is 9.97 Å². The molecule has 3 nitrogen and oxygen atoms in total. The summed E-state index contributed by atoms with van der Waals surface area (Å²) in [6, 6.07) is 1.97. The van der Waals surface area contributed by atoms with Gasteiger partial charge >= 0.3 is 0 Å². The summed E-state index contributed by atoms with van der Waals surface area (Å²) in [7, 11) is 0. The lowest BCUT2D eigenvalue weighted by atomic mass is 10.4. The average molecular weight is 254 g/mol. The van der Waals surface area contributed by atoms with E-state index in [1.807, 2.05) is 18.4 Å². The third kappa shape index (κ3) is 3.27. The first-order valence-corrected chi connectivity index (χ1v) is 6.21. The van der Waals surface area contributed by atoms with Crippen molar-refractivity contribution in [2.75, 3.05) is 0 Å². The van der Waals surface area contributed by atoms with Crippen LogP contribution in [0.15, 0.2) is 23.8 Å². The van der Waals surface area contributed by atoms with E-state index in [9.17, 15) is 0 Å². The molecule has 0 bridgehead atoms. The van der Waals surface area contributed by atoms with E-state index in [1.54, 1.807) is 23.7 Å². The molecule has 0 spiro atoms. The van der Waals surface area contributed by atoms with Crippen molar-refractivity contribution in [1.82, 2.24) is 15.3 Å². The Balaban J connectivity index is 1.82. The lowest BCUT2D eigenvalue weighted by Gasteiger charge is -2.02. The molecular formula is C11H12ClN3S. The Morgan fingerprint density at radius 3 is 2.81 bits per heavy atom. The monoisotopic (exact) mass is 253 g/mol. The van der Waals surface area contributed by atoms with E-state index >= 15 is 0 Å². The van der Waals surface area contributed by atoms with E-state index < -0.39 is 0 Å². The smallest absolute Gasteiger partial charge is 0.0724 e. The first-order valence-electron chi connectivity index (χ1n) is 4.95. The molecule has 84 valence electrons. The fourth-order valence-electron chi connectivity index (χ4n) is 1.27. The fraction of sp³-hybridized carbons (Fsp3) is 0.273. The molecule has 0 saturated carbocycles. The fourth-order valence-corrected chi connectivity index (χ4v) is 2.31. The molecule has 0 aliphatic heterocycles. The number of rotatable bonds is 4. The summed E-state index contributed by atoms with van der Waals surface area (Å²) < 4.78 is 0. The zero-order chi connectivity index (χ0) is 11.4. The summed E-state index contributed by atoms with van der Waals surface area (Å²) in [4.78, 5) is 9.68. The maximum absolute atomic E-state index is 5.83. The molecule has 0 aliphatic carbocycles. The van der Waals surface area contributed by atoms with Crippen LogP contribution in [0.3, 0.4) is 0 Å². The average Bonchev–Trinajstić information content (AvgIpc) is 2.67. The number of hydrogen-bond acceptors (Lipinski definition) is 4. The molecule has 1 N–H and O–H groups in total. The number of hydrogen-bond donors (Lipinski definition) is 1. The summed E-state index contributed by atoms with van der Waals surface area (Å²) >= 11 is 7.49. The number of aryl methyl sites for hydroxylation is 1. The van der Waals surface area contributed by atoms with Crippen LogP contribution in [0.5, 0.6) is 0 Å². The number of thiophene rings is 1. The molecule has 2 heterocycles. The second-order valence-electron chi connectivity index (χ2n) is 3.48. The van der Waals surface area contributed by atoms with E-state index in [0.717, 1.165) is 29.5 Å². The Labute approximate surface area is 104 Å². The number of nitrogens with zero attached hydrogens (tertiary/aromatic N) is 2. The number of halogens is 1. The minimum absolute atomic E-state index is 0.725. The van der Waals surface area contributed by atoms with Crippen LogP contribution in [0.25, 0.3) is 0 Å². The summed E-state index contributed by atoms with van der Waals surface area (Å²) in [6.07, 6.45) is 3.57. The molecule has 0 aliphatic rings. The molecule has 0 amide bonds. The van der Waals surface area contributed by atoms with E-state index in [-0.39, 0.29) is 0 Å². The molecule has 0 aromatic carbocycles. The van der Waals surface area contributed by atoms with Gasteiger partial charge in [0, 0.05) is 35.7 Å². The van der Waals surface area contributed by atoms with Gasteiger partial charge in [0.25, 0.3) is 0 Å². The van der Waals surface area contributed by atoms with Gasteiger partial charge in [0.2, 0.25) is 0 Å². The molecule has 0 radical (unpaired) electrons. The molecular weight excluding hydrogens is 242 g/mol. The van der Waals surface area contributed by atoms with Crippen molar-refractivity contribution in [3.8, 4) is 0 Å². The van der Waals surface area contributed by atoms with Crippen LogP contribution < -0.4 is 5.32 Å². The summed E-state index contributed by atoms with van der Waals surface area (Å²) in [5.74, 6) is 0. The number of aromatic nitrogens is 2. The van der Waals surface area contributed by atoms with Crippen LogP contribution >= 0.6 is 22.9 Å². The Kier molecular flexibility index (Phi) is 3.88. The van der Waals surface area contributed by atoms with Crippen LogP contribution in [0.2, 0.25) is 5.02 Å². The zero-order valence-electron chi connectivity index (χ0n) is 8.90. The molecule has 2 rings (SSSR count). The number of nitrogens with one attached hydrogen (secondary N) is 1. The van der Waals surface area contributed by atoms with Gasteiger partial charge in [0.05, 0.1) is 16.4 Å². The van der Waals surface area contributed by atoms with Crippen LogP contribution in [0.1, 0.15) is 16.3 Å². The summed E-state index contributed by atoms with van der Waals surface area (Å²) in [6.45, 7) is 3.47. The third-order valence-electron chi connectivity index (χ3n) is 2.06. The standard InChI is InChI=1S/C11H12ClN3S/c1-8-3-15-10(5-14-8)4-13-6-11-2-9(12)7-16-11/h2-3,5,7,13H,4,6H2,1H3. The van der Waals surface area contributed by atoms with Crippen molar-refractivity contribution in [2.24, 2.45) is 0 Å². The molecule has 0 saturated heterocycles. The maximum atomic E-state index is 5.83. The summed E-state index contributed by atoms with van der Waals surface area (Å²) in [5, 5.41) is 6.04. The molecule has 2 aromatic heterocycles. The molecule has 2 aromatic rings. The first-order chi connectivity index (χ1) is 7.74. The van der Waals surface area contributed by atoms with E-state index in [0.29, 0.717) is 0 Å². The highest BCUT2D eigenvalue weighted by molar-refractivity contribution is 7.10. The highest BCUT2D eigenvalue weighted by Gasteiger charge is 1.98. The van der Waals surface area contributed by atoms with Gasteiger partial charge in [0.15, 0.2) is 0 Å². The second-order valence-corrected chi connectivity index (χ2v) is 4.92. The topological polar surface area (TPSA) is 37.8 Å². The highest BCUT2D eigenvalue weighted by atomic mass is 35.5. The quantitative estimate of drug-likeness (QED) is 0.911. The lowest BCUT2D eigenvalue weighted by Crippen LogP contribution is -2.13. The van der Waals surface area contributed by atoms with Gasteiger partial charge in [-0.25, -0.2) is 0 Å². The molecule has 16 heavy (non-hydrogen) atoms. The normalized spacial score (nSPS) is 10.6. The van der Waals surface area contributed by atoms with E-state index in [1.165, 1.54) is 4.88 Å². The highest BCUT2D eigenvalue weighted by Crippen LogP contribution is 2.18. The van der Waals surface area contributed by atoms with Gasteiger partial charge < -0.3 is 5.32 Å². The van der Waals surface area contributed by atoms with Crippen molar-refractivity contribution >= 4 is 22.9 Å². The Morgan fingerprint density at radius 2 is 2.19 bits per heavy atom. The van der Waals surface area contributed by atoms with Crippen molar-refractivity contribution in [3.63, 3.8) is 0 Å². The molecule has 5 heteroatoms. The minimum Gasteiger partial charge on any atom is -0.306 e. The second kappa shape index (κ2) is 5.39. The van der Waals surface area contributed by atoms with Crippen molar-refractivity contribution in [1.29, 1.82) is 0 Å². The van der Waals surface area contributed by atoms with Gasteiger partial charge in [-0.15, -0.1) is 11.3 Å². The SMILES string of the molecule is Cc1cnc(CNCc2cc(Cl)cs2)cn1. The predicted molar refractivity (Wildman–Crippen MR) is 66.6 cm³/mol. The Bertz CT molecular complexity index is 453. The van der Waals surface area contributed by atoms with Crippen LogP contribution in [0, 0.1) is 6.92 Å². The first kappa shape index (κ1) is 11.5. The Hall–Kier alpha value is -0.970. The van der Waals surface area contributed by atoms with Crippen molar-refractivity contribution in [3.05, 3.63) is 45.1 Å². The lowest BCUT2D eigenvalue weighted by molar-refractivity contribution is 0.682. The Morgan fingerprint density at radius 1 is 1.31 bits per heavy atom. The van der Waals surface area contributed by atoms with Crippen LogP contribution in [-0.4, -0.2) is 9.97 Å². The van der Waals surface area contributed by atoms with E-state index in [2.05, 4.69) is 15.3 Å². The van der Waals surface area contributed by atoms with Crippen LogP contribution in [-0.2, 0) is 13.1 Å². The third-order valence-corrected chi connectivity index (χ3v) is 3.35. The summed E-state index contributed by atoms with van der Waals surface area (Å²) in [5.41, 5.74) is 1.89. The van der Waals surface area contributed by atoms with Gasteiger partial charge in [0.1, 0.15) is 0 Å². The largest absolute Gasteiger partial charge is 0.306 e. The zero-order valence-corrected chi connectivity index (χ0v) is 10.5. The van der Waals surface area contributed by atoms with E-state index in [4.69, 9.17) is 11.6 Å². The maximum Gasteiger partial charge on any atom is 0.0724 e. The minimum atomic E-state index is 0.725. The van der Waals surface area contributed by atoms with Crippen LogP contribution in [0.4, 0.5) is 0 Å².